The maximum Gasteiger partial charge on any atom is 0.331 e. The number of aromatic nitrogens is 2. The summed E-state index contributed by atoms with van der Waals surface area (Å²) in [6.07, 6.45) is 6.90. The monoisotopic (exact) mass is 514 g/mol. The van der Waals surface area contributed by atoms with E-state index in [0.29, 0.717) is 38.4 Å². The second kappa shape index (κ2) is 9.45. The second-order valence-electron chi connectivity index (χ2n) is 9.40. The summed E-state index contributed by atoms with van der Waals surface area (Å²) in [6.45, 7) is 1.90. The molecule has 188 valence electrons. The van der Waals surface area contributed by atoms with Crippen LogP contribution in [0, 0.1) is 6.92 Å². The number of nitrogens with two attached hydrogens (primary N) is 1. The number of para-hydroxylation sites is 1. The molecule has 2 atom stereocenters. The fraction of sp³-hybridized carbons (Fsp3) is 0.259. The highest BCUT2D eigenvalue weighted by molar-refractivity contribution is 7.21. The largest absolute Gasteiger partial charge is 0.439 e. The lowest BCUT2D eigenvalue weighted by molar-refractivity contribution is 0.0930. The van der Waals surface area contributed by atoms with E-state index in [-0.39, 0.29) is 24.0 Å². The molecule has 9 nitrogen and oxygen atoms in total. The molecule has 4 N–H and O–H groups in total. The maximum atomic E-state index is 13.4. The number of aryl methyl sites for hydroxylation is 1. The second-order valence-corrected chi connectivity index (χ2v) is 10.4. The number of thiophene rings is 1. The first-order chi connectivity index (χ1) is 18.0. The molecule has 2 unspecified atom stereocenters. The predicted molar refractivity (Wildman–Crippen MR) is 144 cm³/mol. The molecular formula is C27H26N6O3S. The molecule has 3 aromatic heterocycles. The van der Waals surface area contributed by atoms with Gasteiger partial charge in [0.2, 0.25) is 5.88 Å². The Morgan fingerprint density at radius 2 is 2.03 bits per heavy atom. The average molecular weight is 515 g/mol. The topological polar surface area (TPSA) is 122 Å². The van der Waals surface area contributed by atoms with E-state index >= 15 is 0 Å². The highest BCUT2D eigenvalue weighted by Crippen LogP contribution is 2.46. The Labute approximate surface area is 217 Å². The van der Waals surface area contributed by atoms with Crippen LogP contribution in [0.3, 0.4) is 0 Å². The molecule has 1 aliphatic carbocycles. The number of carbonyl (C=O) groups excluding carboxylic acids is 2. The van der Waals surface area contributed by atoms with Crippen LogP contribution in [-0.2, 0) is 0 Å². The van der Waals surface area contributed by atoms with E-state index in [1.165, 1.54) is 11.3 Å². The van der Waals surface area contributed by atoms with Crippen molar-refractivity contribution in [3.05, 3.63) is 65.3 Å². The van der Waals surface area contributed by atoms with Gasteiger partial charge in [0, 0.05) is 24.3 Å². The summed E-state index contributed by atoms with van der Waals surface area (Å²) in [7, 11) is 0. The lowest BCUT2D eigenvalue weighted by Gasteiger charge is -2.29. The van der Waals surface area contributed by atoms with Crippen LogP contribution >= 0.6 is 11.3 Å². The smallest absolute Gasteiger partial charge is 0.331 e. The van der Waals surface area contributed by atoms with Gasteiger partial charge in [-0.2, -0.15) is 0 Å². The summed E-state index contributed by atoms with van der Waals surface area (Å²) in [5.74, 6) is 0.900. The summed E-state index contributed by atoms with van der Waals surface area (Å²) in [6, 6.07) is 12.7. The van der Waals surface area contributed by atoms with Gasteiger partial charge in [-0.1, -0.05) is 18.2 Å². The van der Waals surface area contributed by atoms with Crippen molar-refractivity contribution in [2.45, 2.75) is 44.7 Å². The minimum Gasteiger partial charge on any atom is -0.439 e. The van der Waals surface area contributed by atoms with Gasteiger partial charge in [-0.3, -0.25) is 9.69 Å². The van der Waals surface area contributed by atoms with Crippen molar-refractivity contribution < 1.29 is 14.3 Å². The van der Waals surface area contributed by atoms with Crippen LogP contribution in [0.2, 0.25) is 0 Å². The lowest BCUT2D eigenvalue weighted by atomic mass is 9.91. The summed E-state index contributed by atoms with van der Waals surface area (Å²) >= 11 is 1.28. The summed E-state index contributed by atoms with van der Waals surface area (Å²) in [5, 5.41) is 6.79. The van der Waals surface area contributed by atoms with Crippen LogP contribution < -0.4 is 26.0 Å². The van der Waals surface area contributed by atoms with Gasteiger partial charge in [0.05, 0.1) is 28.6 Å². The van der Waals surface area contributed by atoms with E-state index < -0.39 is 0 Å². The van der Waals surface area contributed by atoms with E-state index in [1.54, 1.807) is 29.4 Å². The van der Waals surface area contributed by atoms with Gasteiger partial charge in [-0.05, 0) is 56.4 Å². The summed E-state index contributed by atoms with van der Waals surface area (Å²) < 4.78 is 5.85. The number of benzene rings is 1. The first kappa shape index (κ1) is 23.4. The Bertz CT molecular complexity index is 1510. The van der Waals surface area contributed by atoms with Crippen LogP contribution in [0.25, 0.3) is 10.2 Å². The molecule has 1 aliphatic heterocycles. The molecule has 6 rings (SSSR count). The molecule has 0 spiro atoms. The van der Waals surface area contributed by atoms with Gasteiger partial charge in [0.15, 0.2) is 0 Å². The molecular weight excluding hydrogens is 488 g/mol. The molecule has 0 bridgehead atoms. The predicted octanol–water partition coefficient (Wildman–Crippen LogP) is 5.48. The molecule has 0 saturated heterocycles. The molecule has 3 amide bonds. The van der Waals surface area contributed by atoms with Crippen molar-refractivity contribution in [1.82, 2.24) is 15.3 Å². The molecule has 0 radical (unpaired) electrons. The third kappa shape index (κ3) is 4.38. The van der Waals surface area contributed by atoms with Crippen LogP contribution in [-0.4, -0.2) is 34.0 Å². The Morgan fingerprint density at radius 1 is 1.19 bits per heavy atom. The van der Waals surface area contributed by atoms with Crippen molar-refractivity contribution in [2.24, 2.45) is 5.73 Å². The maximum absolute atomic E-state index is 13.4. The number of pyridine rings is 2. The molecule has 1 fully saturated rings. The van der Waals surface area contributed by atoms with Crippen LogP contribution in [0.1, 0.15) is 40.9 Å². The third-order valence-electron chi connectivity index (χ3n) is 6.77. The molecule has 10 heteroatoms. The summed E-state index contributed by atoms with van der Waals surface area (Å²) in [5.41, 5.74) is 8.68. The molecule has 2 aliphatic rings. The SMILES string of the molecule is Cc1cc(Oc2ccccc2)ncc1N1C(=O)Nc2c(C(=O)NC3CCCC(N)C3)sc3nccc1c23. The number of ether oxygens (including phenoxy) is 1. The normalized spacial score (nSPS) is 19.0. The van der Waals surface area contributed by atoms with Crippen molar-refractivity contribution in [1.29, 1.82) is 0 Å². The number of hydrogen-bond acceptors (Lipinski definition) is 7. The molecule has 4 aromatic rings. The van der Waals surface area contributed by atoms with E-state index in [1.807, 2.05) is 37.3 Å². The Kier molecular flexibility index (Phi) is 5.97. The highest BCUT2D eigenvalue weighted by Gasteiger charge is 2.34. The lowest BCUT2D eigenvalue weighted by Crippen LogP contribution is -2.42. The zero-order valence-corrected chi connectivity index (χ0v) is 21.0. The summed E-state index contributed by atoms with van der Waals surface area (Å²) in [4.78, 5) is 38.3. The number of nitrogens with zero attached hydrogens (tertiary/aromatic N) is 3. The number of hydrogen-bond donors (Lipinski definition) is 3. The molecule has 1 saturated carbocycles. The highest BCUT2D eigenvalue weighted by atomic mass is 32.1. The Balaban J connectivity index is 1.33. The van der Waals surface area contributed by atoms with Gasteiger partial charge in [-0.25, -0.2) is 14.8 Å². The number of anilines is 3. The number of rotatable bonds is 5. The van der Waals surface area contributed by atoms with E-state index in [0.717, 1.165) is 36.6 Å². The fourth-order valence-electron chi connectivity index (χ4n) is 5.02. The van der Waals surface area contributed by atoms with Crippen LogP contribution in [0.4, 0.5) is 21.9 Å². The van der Waals surface area contributed by atoms with Gasteiger partial charge >= 0.3 is 6.03 Å². The number of nitrogens with one attached hydrogen (secondary N) is 2. The van der Waals surface area contributed by atoms with Gasteiger partial charge in [0.1, 0.15) is 15.5 Å². The Hall–Kier alpha value is -4.02. The Morgan fingerprint density at radius 3 is 2.81 bits per heavy atom. The van der Waals surface area contributed by atoms with Crippen molar-refractivity contribution >= 4 is 50.6 Å². The van der Waals surface area contributed by atoms with E-state index in [9.17, 15) is 9.59 Å². The van der Waals surface area contributed by atoms with Gasteiger partial charge < -0.3 is 21.1 Å². The fourth-order valence-corrected chi connectivity index (χ4v) is 6.04. The van der Waals surface area contributed by atoms with Crippen LogP contribution in [0.5, 0.6) is 11.6 Å². The van der Waals surface area contributed by atoms with Crippen LogP contribution in [0.15, 0.2) is 54.9 Å². The van der Waals surface area contributed by atoms with Crippen molar-refractivity contribution in [2.75, 3.05) is 10.2 Å². The van der Waals surface area contributed by atoms with Gasteiger partial charge in [-0.15, -0.1) is 11.3 Å². The van der Waals surface area contributed by atoms with Crippen molar-refractivity contribution in [3.63, 3.8) is 0 Å². The number of amides is 3. The van der Waals surface area contributed by atoms with E-state index in [4.69, 9.17) is 10.5 Å². The molecule has 4 heterocycles. The third-order valence-corrected chi connectivity index (χ3v) is 7.86. The molecule has 1 aromatic carbocycles. The van der Waals surface area contributed by atoms with E-state index in [2.05, 4.69) is 20.6 Å². The minimum absolute atomic E-state index is 0.0298. The number of urea groups is 1. The zero-order chi connectivity index (χ0) is 25.5. The standard InChI is InChI=1S/C27H26N6O3S/c1-15-12-21(36-18-8-3-2-4-9-18)30-14-20(15)33-19-10-11-29-26-22(19)23(32-27(33)35)24(37-26)25(34)31-17-7-5-6-16(28)13-17/h2-4,8-12,14,16-17H,5-7,13,28H2,1H3,(H,31,34)(H,32,35). The first-order valence-corrected chi connectivity index (χ1v) is 13.1. The van der Waals surface area contributed by atoms with Crippen molar-refractivity contribution in [3.8, 4) is 11.6 Å². The van der Waals surface area contributed by atoms with Gasteiger partial charge in [0.25, 0.3) is 5.91 Å². The average Bonchev–Trinajstić information content (AvgIpc) is 3.25. The first-order valence-electron chi connectivity index (χ1n) is 12.3. The minimum atomic E-state index is -0.367. The number of carbonyl (C=O) groups is 2. The molecule has 37 heavy (non-hydrogen) atoms. The quantitative estimate of drug-likeness (QED) is 0.324. The zero-order valence-electron chi connectivity index (χ0n) is 20.2.